The van der Waals surface area contributed by atoms with E-state index >= 15 is 0 Å². The zero-order valence-electron chi connectivity index (χ0n) is 9.54. The van der Waals surface area contributed by atoms with Gasteiger partial charge in [0.1, 0.15) is 5.76 Å². The van der Waals surface area contributed by atoms with Crippen molar-refractivity contribution >= 4 is 12.1 Å². The van der Waals surface area contributed by atoms with Crippen molar-refractivity contribution in [2.24, 2.45) is 12.1 Å². The highest BCUT2D eigenvalue weighted by molar-refractivity contribution is 5.92. The van der Waals surface area contributed by atoms with Crippen LogP contribution in [0.4, 0.5) is 0 Å². The van der Waals surface area contributed by atoms with Crippen molar-refractivity contribution in [3.05, 3.63) is 41.5 Å². The van der Waals surface area contributed by atoms with Gasteiger partial charge in [0.05, 0.1) is 11.9 Å². The van der Waals surface area contributed by atoms with Gasteiger partial charge in [-0.3, -0.25) is 4.79 Å². The summed E-state index contributed by atoms with van der Waals surface area (Å²) in [6.07, 6.45) is 3.45. The number of aromatic nitrogens is 2. The van der Waals surface area contributed by atoms with E-state index in [-0.39, 0.29) is 5.69 Å². The number of carbonyl (C=O) groups is 1. The van der Waals surface area contributed by atoms with Crippen molar-refractivity contribution in [1.82, 2.24) is 15.1 Å². The fourth-order valence-corrected chi connectivity index (χ4v) is 1.30. The number of hydrogen-bond acceptors (Lipinski definition) is 4. The molecule has 2 rings (SSSR count). The summed E-state index contributed by atoms with van der Waals surface area (Å²) < 4.78 is 6.67. The molecule has 88 valence electrons. The Kier molecular flexibility index (Phi) is 3.04. The van der Waals surface area contributed by atoms with Crippen LogP contribution in [0.25, 0.3) is 0 Å². The van der Waals surface area contributed by atoms with Crippen LogP contribution in [0.5, 0.6) is 0 Å². The van der Waals surface area contributed by atoms with Crippen LogP contribution in [0.2, 0.25) is 0 Å². The number of hydrazone groups is 1. The molecular formula is C11H12N4O2. The van der Waals surface area contributed by atoms with Crippen LogP contribution in [0, 0.1) is 6.92 Å². The SMILES string of the molecule is Cc1cc(C(=O)N/N=C\c2cccn2C)no1. The Morgan fingerprint density at radius 3 is 3.06 bits per heavy atom. The monoisotopic (exact) mass is 232 g/mol. The first-order chi connectivity index (χ1) is 8.16. The normalized spacial score (nSPS) is 10.9. The van der Waals surface area contributed by atoms with Gasteiger partial charge in [-0.1, -0.05) is 5.16 Å². The summed E-state index contributed by atoms with van der Waals surface area (Å²) in [5.41, 5.74) is 3.48. The lowest BCUT2D eigenvalue weighted by molar-refractivity contribution is 0.0946. The van der Waals surface area contributed by atoms with Crippen molar-refractivity contribution < 1.29 is 9.32 Å². The van der Waals surface area contributed by atoms with Crippen molar-refractivity contribution in [3.8, 4) is 0 Å². The third-order valence-electron chi connectivity index (χ3n) is 2.21. The Labute approximate surface area is 97.9 Å². The van der Waals surface area contributed by atoms with E-state index < -0.39 is 5.91 Å². The van der Waals surface area contributed by atoms with Crippen LogP contribution in [-0.2, 0) is 7.05 Å². The molecule has 0 unspecified atom stereocenters. The molecule has 0 spiro atoms. The topological polar surface area (TPSA) is 72.4 Å². The molecule has 0 aromatic carbocycles. The zero-order valence-corrected chi connectivity index (χ0v) is 9.54. The van der Waals surface area contributed by atoms with Gasteiger partial charge >= 0.3 is 0 Å². The molecule has 2 aromatic heterocycles. The maximum Gasteiger partial charge on any atom is 0.293 e. The summed E-state index contributed by atoms with van der Waals surface area (Å²) in [6, 6.07) is 5.33. The van der Waals surface area contributed by atoms with Crippen molar-refractivity contribution in [3.63, 3.8) is 0 Å². The fourth-order valence-electron chi connectivity index (χ4n) is 1.30. The third kappa shape index (κ3) is 2.60. The minimum Gasteiger partial charge on any atom is -0.361 e. The number of aryl methyl sites for hydroxylation is 2. The molecule has 0 saturated heterocycles. The Hall–Kier alpha value is -2.37. The molecule has 0 saturated carbocycles. The second-order valence-electron chi connectivity index (χ2n) is 3.57. The lowest BCUT2D eigenvalue weighted by Gasteiger charge is -1.96. The minimum absolute atomic E-state index is 0.214. The van der Waals surface area contributed by atoms with E-state index in [0.717, 1.165) is 5.69 Å². The molecule has 0 aliphatic heterocycles. The van der Waals surface area contributed by atoms with Gasteiger partial charge < -0.3 is 9.09 Å². The van der Waals surface area contributed by atoms with Crippen LogP contribution < -0.4 is 5.43 Å². The molecule has 2 heterocycles. The largest absolute Gasteiger partial charge is 0.361 e. The predicted molar refractivity (Wildman–Crippen MR) is 61.7 cm³/mol. The first-order valence-corrected chi connectivity index (χ1v) is 5.05. The Bertz CT molecular complexity index is 553. The highest BCUT2D eigenvalue weighted by atomic mass is 16.5. The summed E-state index contributed by atoms with van der Waals surface area (Å²) >= 11 is 0. The van der Waals surface area contributed by atoms with Crippen LogP contribution in [0.1, 0.15) is 21.9 Å². The average Bonchev–Trinajstić information content (AvgIpc) is 2.88. The first-order valence-electron chi connectivity index (χ1n) is 5.05. The Morgan fingerprint density at radius 2 is 2.47 bits per heavy atom. The van der Waals surface area contributed by atoms with Crippen LogP contribution in [0.3, 0.4) is 0 Å². The van der Waals surface area contributed by atoms with E-state index in [9.17, 15) is 4.79 Å². The number of nitrogens with one attached hydrogen (secondary N) is 1. The lowest BCUT2D eigenvalue weighted by Crippen LogP contribution is -2.18. The molecule has 0 fully saturated rings. The standard InChI is InChI=1S/C11H12N4O2/c1-8-6-10(14-17-8)11(16)13-12-7-9-4-3-5-15(9)2/h3-7H,1-2H3,(H,13,16)/b12-7-. The van der Waals surface area contributed by atoms with Gasteiger partial charge in [-0.25, -0.2) is 5.43 Å². The van der Waals surface area contributed by atoms with Gasteiger partial charge in [0.2, 0.25) is 0 Å². The number of rotatable bonds is 3. The molecular weight excluding hydrogens is 220 g/mol. The summed E-state index contributed by atoms with van der Waals surface area (Å²) in [5, 5.41) is 7.42. The minimum atomic E-state index is -0.396. The van der Waals surface area contributed by atoms with E-state index in [1.54, 1.807) is 19.2 Å². The van der Waals surface area contributed by atoms with Crippen LogP contribution in [0.15, 0.2) is 34.0 Å². The van der Waals surface area contributed by atoms with Gasteiger partial charge in [0.25, 0.3) is 5.91 Å². The Balaban J connectivity index is 1.97. The van der Waals surface area contributed by atoms with E-state index in [0.29, 0.717) is 5.76 Å². The maximum atomic E-state index is 11.5. The van der Waals surface area contributed by atoms with Gasteiger partial charge in [0, 0.05) is 19.3 Å². The molecule has 0 aliphatic carbocycles. The molecule has 0 aliphatic rings. The lowest BCUT2D eigenvalue weighted by atomic mass is 10.4. The average molecular weight is 232 g/mol. The van der Waals surface area contributed by atoms with Crippen molar-refractivity contribution in [1.29, 1.82) is 0 Å². The van der Waals surface area contributed by atoms with E-state index in [2.05, 4.69) is 15.7 Å². The summed E-state index contributed by atoms with van der Waals surface area (Å²) in [7, 11) is 1.89. The summed E-state index contributed by atoms with van der Waals surface area (Å²) in [4.78, 5) is 11.5. The van der Waals surface area contributed by atoms with Gasteiger partial charge in [-0.05, 0) is 19.1 Å². The smallest absolute Gasteiger partial charge is 0.293 e. The highest BCUT2D eigenvalue weighted by Crippen LogP contribution is 2.00. The second-order valence-corrected chi connectivity index (χ2v) is 3.57. The number of amides is 1. The molecule has 6 heteroatoms. The number of hydrogen-bond donors (Lipinski definition) is 1. The molecule has 6 nitrogen and oxygen atoms in total. The van der Waals surface area contributed by atoms with Crippen molar-refractivity contribution in [2.45, 2.75) is 6.92 Å². The van der Waals surface area contributed by atoms with Crippen LogP contribution >= 0.6 is 0 Å². The summed E-state index contributed by atoms with van der Waals surface area (Å²) in [6.45, 7) is 1.72. The number of carbonyl (C=O) groups excluding carboxylic acids is 1. The van der Waals surface area contributed by atoms with Gasteiger partial charge in [0.15, 0.2) is 5.69 Å². The molecule has 1 amide bonds. The van der Waals surface area contributed by atoms with E-state index in [1.165, 1.54) is 0 Å². The highest BCUT2D eigenvalue weighted by Gasteiger charge is 2.09. The fraction of sp³-hybridized carbons (Fsp3) is 0.182. The molecule has 17 heavy (non-hydrogen) atoms. The van der Waals surface area contributed by atoms with Gasteiger partial charge in [-0.15, -0.1) is 0 Å². The first kappa shape index (κ1) is 11.1. The molecule has 2 aromatic rings. The maximum absolute atomic E-state index is 11.5. The summed E-state index contributed by atoms with van der Waals surface area (Å²) in [5.74, 6) is 0.189. The quantitative estimate of drug-likeness (QED) is 0.635. The number of nitrogens with zero attached hydrogens (tertiary/aromatic N) is 3. The third-order valence-corrected chi connectivity index (χ3v) is 2.21. The second kappa shape index (κ2) is 4.65. The van der Waals surface area contributed by atoms with Crippen LogP contribution in [-0.4, -0.2) is 21.8 Å². The van der Waals surface area contributed by atoms with E-state index in [4.69, 9.17) is 4.52 Å². The predicted octanol–water partition coefficient (Wildman–Crippen LogP) is 1.09. The molecule has 1 N–H and O–H groups in total. The van der Waals surface area contributed by atoms with Gasteiger partial charge in [-0.2, -0.15) is 5.10 Å². The van der Waals surface area contributed by atoms with E-state index in [1.807, 2.05) is 29.9 Å². The zero-order chi connectivity index (χ0) is 12.3. The molecule has 0 atom stereocenters. The molecule has 0 radical (unpaired) electrons. The molecule has 0 bridgehead atoms. The Morgan fingerprint density at radius 1 is 1.65 bits per heavy atom. The van der Waals surface area contributed by atoms with Crippen molar-refractivity contribution in [2.75, 3.05) is 0 Å².